The third-order valence-electron chi connectivity index (χ3n) is 3.67. The first kappa shape index (κ1) is 25.0. The standard InChI is InChI=1S/C17H27F2N3O2S.HI/c1-5-20-17(22-13(3)8-9-25(4,23)24)21-11-12(2)15-7-6-14(18)10-16(15)19;/h6-7,10,12-13H,5,8-9,11H2,1-4H3,(H2,20,21,22);1H. The van der Waals surface area contributed by atoms with Gasteiger partial charge in [-0.2, -0.15) is 0 Å². The maximum Gasteiger partial charge on any atom is 0.191 e. The van der Waals surface area contributed by atoms with Crippen LogP contribution in [0.1, 0.15) is 38.7 Å². The van der Waals surface area contributed by atoms with Crippen molar-refractivity contribution in [3.8, 4) is 0 Å². The van der Waals surface area contributed by atoms with Gasteiger partial charge in [0, 0.05) is 37.4 Å². The molecule has 0 aliphatic rings. The zero-order chi connectivity index (χ0) is 19.0. The van der Waals surface area contributed by atoms with Crippen LogP contribution < -0.4 is 10.6 Å². The summed E-state index contributed by atoms with van der Waals surface area (Å²) in [6.07, 6.45) is 1.67. The van der Waals surface area contributed by atoms with Gasteiger partial charge in [0.05, 0.1) is 5.75 Å². The molecule has 150 valence electrons. The maximum absolute atomic E-state index is 13.8. The third-order valence-corrected chi connectivity index (χ3v) is 4.64. The molecular formula is C17H28F2IN3O2S. The van der Waals surface area contributed by atoms with Gasteiger partial charge in [-0.25, -0.2) is 17.2 Å². The Labute approximate surface area is 172 Å². The molecule has 9 heteroatoms. The quantitative estimate of drug-likeness (QED) is 0.325. The van der Waals surface area contributed by atoms with Crippen LogP contribution in [0.5, 0.6) is 0 Å². The van der Waals surface area contributed by atoms with Crippen molar-refractivity contribution in [3.05, 3.63) is 35.4 Å². The van der Waals surface area contributed by atoms with E-state index >= 15 is 0 Å². The Bertz CT molecular complexity index is 699. The molecule has 2 atom stereocenters. The zero-order valence-corrected chi connectivity index (χ0v) is 18.7. The van der Waals surface area contributed by atoms with Gasteiger partial charge in [-0.1, -0.05) is 13.0 Å². The number of nitrogens with one attached hydrogen (secondary N) is 2. The van der Waals surface area contributed by atoms with E-state index in [4.69, 9.17) is 0 Å². The van der Waals surface area contributed by atoms with Crippen molar-refractivity contribution in [3.63, 3.8) is 0 Å². The lowest BCUT2D eigenvalue weighted by molar-refractivity contribution is 0.559. The average molecular weight is 503 g/mol. The van der Waals surface area contributed by atoms with Crippen molar-refractivity contribution in [2.75, 3.05) is 25.1 Å². The van der Waals surface area contributed by atoms with Crippen molar-refractivity contribution < 1.29 is 17.2 Å². The highest BCUT2D eigenvalue weighted by Gasteiger charge is 2.13. The molecule has 1 aromatic carbocycles. The predicted octanol–water partition coefficient (Wildman–Crippen LogP) is 3.06. The molecule has 0 bridgehead atoms. The second kappa shape index (κ2) is 11.7. The summed E-state index contributed by atoms with van der Waals surface area (Å²) in [4.78, 5) is 4.42. The van der Waals surface area contributed by atoms with Crippen LogP contribution in [0.25, 0.3) is 0 Å². The molecule has 0 spiro atoms. The van der Waals surface area contributed by atoms with Crippen molar-refractivity contribution in [2.24, 2.45) is 4.99 Å². The second-order valence-corrected chi connectivity index (χ2v) is 8.51. The Morgan fingerprint density at radius 3 is 2.46 bits per heavy atom. The van der Waals surface area contributed by atoms with Gasteiger partial charge in [0.15, 0.2) is 5.96 Å². The van der Waals surface area contributed by atoms with E-state index in [0.29, 0.717) is 31.0 Å². The molecule has 0 radical (unpaired) electrons. The highest BCUT2D eigenvalue weighted by molar-refractivity contribution is 14.0. The van der Waals surface area contributed by atoms with Gasteiger partial charge in [-0.15, -0.1) is 24.0 Å². The summed E-state index contributed by atoms with van der Waals surface area (Å²) in [5, 5.41) is 6.22. The first-order valence-corrected chi connectivity index (χ1v) is 10.4. The summed E-state index contributed by atoms with van der Waals surface area (Å²) in [6.45, 7) is 6.57. The van der Waals surface area contributed by atoms with Crippen molar-refractivity contribution in [2.45, 2.75) is 39.2 Å². The van der Waals surface area contributed by atoms with Crippen LogP contribution >= 0.6 is 24.0 Å². The zero-order valence-electron chi connectivity index (χ0n) is 15.6. The minimum atomic E-state index is -3.01. The van der Waals surface area contributed by atoms with Crippen LogP contribution in [-0.2, 0) is 9.84 Å². The molecule has 2 unspecified atom stereocenters. The van der Waals surface area contributed by atoms with Gasteiger partial charge in [0.25, 0.3) is 0 Å². The van der Waals surface area contributed by atoms with Crippen LogP contribution in [0.3, 0.4) is 0 Å². The largest absolute Gasteiger partial charge is 0.357 e. The third kappa shape index (κ3) is 9.65. The lowest BCUT2D eigenvalue weighted by Gasteiger charge is -2.18. The molecule has 2 N–H and O–H groups in total. The number of hydrogen-bond acceptors (Lipinski definition) is 3. The highest BCUT2D eigenvalue weighted by Crippen LogP contribution is 2.20. The number of hydrogen-bond donors (Lipinski definition) is 2. The van der Waals surface area contributed by atoms with Crippen LogP contribution in [0.4, 0.5) is 8.78 Å². The Hall–Kier alpha value is -0.970. The smallest absolute Gasteiger partial charge is 0.191 e. The van der Waals surface area contributed by atoms with Crippen LogP contribution in [0.15, 0.2) is 23.2 Å². The van der Waals surface area contributed by atoms with E-state index in [0.717, 1.165) is 6.07 Å². The molecular weight excluding hydrogens is 475 g/mol. The molecule has 0 aliphatic heterocycles. The van der Waals surface area contributed by atoms with Gasteiger partial charge in [-0.3, -0.25) is 4.99 Å². The molecule has 0 heterocycles. The van der Waals surface area contributed by atoms with Crippen molar-refractivity contribution in [1.29, 1.82) is 0 Å². The molecule has 5 nitrogen and oxygen atoms in total. The Morgan fingerprint density at radius 1 is 1.27 bits per heavy atom. The molecule has 0 aliphatic carbocycles. The van der Waals surface area contributed by atoms with E-state index in [1.165, 1.54) is 18.4 Å². The van der Waals surface area contributed by atoms with Crippen LogP contribution in [-0.4, -0.2) is 45.5 Å². The summed E-state index contributed by atoms with van der Waals surface area (Å²) in [5.41, 5.74) is 0.408. The lowest BCUT2D eigenvalue weighted by atomic mass is 10.0. The van der Waals surface area contributed by atoms with E-state index in [1.807, 2.05) is 20.8 Å². The molecule has 0 saturated carbocycles. The first-order valence-electron chi connectivity index (χ1n) is 8.30. The van der Waals surface area contributed by atoms with E-state index in [1.54, 1.807) is 0 Å². The van der Waals surface area contributed by atoms with Gasteiger partial charge in [-0.05, 0) is 31.9 Å². The molecule has 1 aromatic rings. The number of rotatable bonds is 8. The summed E-state index contributed by atoms with van der Waals surface area (Å²) < 4.78 is 49.3. The molecule has 26 heavy (non-hydrogen) atoms. The number of benzene rings is 1. The van der Waals surface area contributed by atoms with Gasteiger partial charge >= 0.3 is 0 Å². The maximum atomic E-state index is 13.8. The topological polar surface area (TPSA) is 70.6 Å². The number of aliphatic imine (C=N–C) groups is 1. The number of nitrogens with zero attached hydrogens (tertiary/aromatic N) is 1. The fourth-order valence-corrected chi connectivity index (χ4v) is 3.03. The van der Waals surface area contributed by atoms with Gasteiger partial charge < -0.3 is 10.6 Å². The minimum absolute atomic E-state index is 0. The number of guanidine groups is 1. The van der Waals surface area contributed by atoms with Gasteiger partial charge in [0.1, 0.15) is 21.5 Å². The Morgan fingerprint density at radius 2 is 1.92 bits per heavy atom. The predicted molar refractivity (Wildman–Crippen MR) is 113 cm³/mol. The van der Waals surface area contributed by atoms with E-state index in [9.17, 15) is 17.2 Å². The summed E-state index contributed by atoms with van der Waals surface area (Å²) in [5.74, 6) is -0.772. The Balaban J connectivity index is 0.00000625. The monoisotopic (exact) mass is 503 g/mol. The Kier molecular flexibility index (Phi) is 11.2. The van der Waals surface area contributed by atoms with Gasteiger partial charge in [0.2, 0.25) is 0 Å². The fraction of sp³-hybridized carbons (Fsp3) is 0.588. The second-order valence-electron chi connectivity index (χ2n) is 6.25. The summed E-state index contributed by atoms with van der Waals surface area (Å²) in [6, 6.07) is 3.45. The SMILES string of the molecule is CCNC(=NCC(C)c1ccc(F)cc1F)NC(C)CCS(C)(=O)=O.I. The van der Waals surface area contributed by atoms with Crippen LogP contribution in [0, 0.1) is 11.6 Å². The average Bonchev–Trinajstić information content (AvgIpc) is 2.50. The van der Waals surface area contributed by atoms with Crippen molar-refractivity contribution in [1.82, 2.24) is 10.6 Å². The lowest BCUT2D eigenvalue weighted by Crippen LogP contribution is -2.43. The fourth-order valence-electron chi connectivity index (χ4n) is 2.24. The molecule has 0 amide bonds. The van der Waals surface area contributed by atoms with Crippen LogP contribution in [0.2, 0.25) is 0 Å². The summed E-state index contributed by atoms with van der Waals surface area (Å²) >= 11 is 0. The molecule has 1 rings (SSSR count). The highest BCUT2D eigenvalue weighted by atomic mass is 127. The van der Waals surface area contributed by atoms with E-state index in [2.05, 4.69) is 15.6 Å². The molecule has 0 saturated heterocycles. The normalized spacial score (nSPS) is 14.3. The number of sulfone groups is 1. The number of halogens is 3. The molecule has 0 fully saturated rings. The van der Waals surface area contributed by atoms with Crippen molar-refractivity contribution >= 4 is 39.8 Å². The van der Waals surface area contributed by atoms with E-state index < -0.39 is 21.5 Å². The summed E-state index contributed by atoms with van der Waals surface area (Å²) in [7, 11) is -3.01. The van der Waals surface area contributed by atoms with E-state index in [-0.39, 0.29) is 41.7 Å². The minimum Gasteiger partial charge on any atom is -0.357 e. The first-order chi connectivity index (χ1) is 11.6. The molecule has 0 aromatic heterocycles.